The number of hydrogen-bond acceptors (Lipinski definition) is 2. The Morgan fingerprint density at radius 3 is 2.86 bits per heavy atom. The minimum absolute atomic E-state index is 0.206. The van der Waals surface area contributed by atoms with Gasteiger partial charge in [-0.2, -0.15) is 0 Å². The Hall–Kier alpha value is -1.17. The average molecular weight is 210 g/mol. The monoisotopic (exact) mass is 209 g/mol. The summed E-state index contributed by atoms with van der Waals surface area (Å²) >= 11 is 5.84. The molecule has 0 aliphatic carbocycles. The van der Waals surface area contributed by atoms with Crippen molar-refractivity contribution in [2.45, 2.75) is 6.92 Å². The van der Waals surface area contributed by atoms with Gasteiger partial charge in [0.1, 0.15) is 5.75 Å². The van der Waals surface area contributed by atoms with Crippen molar-refractivity contribution in [3.63, 3.8) is 0 Å². The van der Waals surface area contributed by atoms with E-state index in [-0.39, 0.29) is 5.75 Å². The van der Waals surface area contributed by atoms with Gasteiger partial charge in [0.2, 0.25) is 0 Å². The molecule has 2 N–H and O–H groups in total. The van der Waals surface area contributed by atoms with E-state index in [1.165, 1.54) is 0 Å². The van der Waals surface area contributed by atoms with Crippen LogP contribution in [0.2, 0.25) is 5.02 Å². The van der Waals surface area contributed by atoms with Gasteiger partial charge in [-0.05, 0) is 31.7 Å². The van der Waals surface area contributed by atoms with E-state index in [2.05, 4.69) is 17.2 Å². The molecule has 0 bridgehead atoms. The number of phenols is 1. The van der Waals surface area contributed by atoms with Gasteiger partial charge in [-0.15, -0.1) is 0 Å². The highest BCUT2D eigenvalue weighted by Gasteiger charge is 2.03. The van der Waals surface area contributed by atoms with Gasteiger partial charge in [-0.1, -0.05) is 23.4 Å². The lowest BCUT2D eigenvalue weighted by atomic mass is 10.1. The van der Waals surface area contributed by atoms with Crippen molar-refractivity contribution in [1.82, 2.24) is 5.32 Å². The maximum atomic E-state index is 9.64. The van der Waals surface area contributed by atoms with Crippen molar-refractivity contribution in [1.29, 1.82) is 0 Å². The fourth-order valence-corrected chi connectivity index (χ4v) is 1.33. The number of rotatable bonds is 1. The topological polar surface area (TPSA) is 32.3 Å². The molecule has 0 unspecified atom stereocenters. The molecule has 0 spiro atoms. The van der Waals surface area contributed by atoms with Gasteiger partial charge in [-0.3, -0.25) is 0 Å². The minimum Gasteiger partial charge on any atom is -0.506 e. The highest BCUT2D eigenvalue weighted by atomic mass is 35.5. The molecule has 74 valence electrons. The molecular formula is C11H12ClNO. The zero-order valence-corrected chi connectivity index (χ0v) is 8.94. The highest BCUT2D eigenvalue weighted by Crippen LogP contribution is 2.25. The summed E-state index contributed by atoms with van der Waals surface area (Å²) in [7, 11) is 1.82. The van der Waals surface area contributed by atoms with E-state index < -0.39 is 0 Å². The van der Waals surface area contributed by atoms with Crippen LogP contribution in [0.25, 0.3) is 0 Å². The first-order valence-corrected chi connectivity index (χ1v) is 4.65. The summed E-state index contributed by atoms with van der Waals surface area (Å²) in [4.78, 5) is 0. The van der Waals surface area contributed by atoms with Crippen molar-refractivity contribution in [2.75, 3.05) is 13.6 Å². The maximum Gasteiger partial charge on any atom is 0.134 e. The van der Waals surface area contributed by atoms with Crippen LogP contribution in [0.5, 0.6) is 5.75 Å². The number of aromatic hydroxyl groups is 1. The van der Waals surface area contributed by atoms with E-state index in [0.717, 1.165) is 5.56 Å². The Balaban J connectivity index is 3.04. The third kappa shape index (κ3) is 2.66. The first kappa shape index (κ1) is 10.9. The van der Waals surface area contributed by atoms with Crippen LogP contribution in [0, 0.1) is 18.8 Å². The van der Waals surface area contributed by atoms with Crippen molar-refractivity contribution in [2.24, 2.45) is 0 Å². The molecule has 0 saturated heterocycles. The lowest BCUT2D eigenvalue weighted by Crippen LogP contribution is -2.04. The quantitative estimate of drug-likeness (QED) is 0.693. The normalized spacial score (nSPS) is 9.36. The van der Waals surface area contributed by atoms with Crippen molar-refractivity contribution in [3.8, 4) is 17.6 Å². The zero-order chi connectivity index (χ0) is 10.6. The molecule has 1 aromatic carbocycles. The Labute approximate surface area is 88.9 Å². The fraction of sp³-hybridized carbons (Fsp3) is 0.273. The largest absolute Gasteiger partial charge is 0.506 e. The Morgan fingerprint density at radius 2 is 2.21 bits per heavy atom. The summed E-state index contributed by atoms with van der Waals surface area (Å²) in [5, 5.41) is 13.1. The van der Waals surface area contributed by atoms with Crippen molar-refractivity contribution < 1.29 is 5.11 Å². The Bertz CT molecular complexity index is 390. The number of hydrogen-bond donors (Lipinski definition) is 2. The molecule has 0 atom stereocenters. The van der Waals surface area contributed by atoms with E-state index in [9.17, 15) is 5.11 Å². The number of halogens is 1. The van der Waals surface area contributed by atoms with Crippen LogP contribution < -0.4 is 5.32 Å². The van der Waals surface area contributed by atoms with Gasteiger partial charge < -0.3 is 10.4 Å². The predicted molar refractivity (Wildman–Crippen MR) is 58.7 cm³/mol. The smallest absolute Gasteiger partial charge is 0.134 e. The first-order valence-electron chi connectivity index (χ1n) is 4.27. The second-order valence-corrected chi connectivity index (χ2v) is 3.39. The summed E-state index contributed by atoms with van der Waals surface area (Å²) in [5.74, 6) is 5.92. The van der Waals surface area contributed by atoms with Crippen LogP contribution in [0.1, 0.15) is 11.1 Å². The van der Waals surface area contributed by atoms with Crippen LogP contribution >= 0.6 is 11.6 Å². The van der Waals surface area contributed by atoms with E-state index in [0.29, 0.717) is 17.1 Å². The maximum absolute atomic E-state index is 9.64. The second-order valence-electron chi connectivity index (χ2n) is 2.95. The van der Waals surface area contributed by atoms with Crippen LogP contribution in [0.4, 0.5) is 0 Å². The van der Waals surface area contributed by atoms with E-state index >= 15 is 0 Å². The molecular weight excluding hydrogens is 198 g/mol. The standard InChI is InChI=1S/C11H12ClNO/c1-8-6-10(12)7-9(11(8)14)4-3-5-13-2/h6-7,13-14H,5H2,1-2H3. The summed E-state index contributed by atoms with van der Waals surface area (Å²) in [6.45, 7) is 2.38. The van der Waals surface area contributed by atoms with Crippen LogP contribution in [0.3, 0.4) is 0 Å². The van der Waals surface area contributed by atoms with Gasteiger partial charge in [0, 0.05) is 5.02 Å². The van der Waals surface area contributed by atoms with E-state index in [1.807, 2.05) is 7.05 Å². The summed E-state index contributed by atoms with van der Waals surface area (Å²) in [6.07, 6.45) is 0. The fourth-order valence-electron chi connectivity index (χ4n) is 1.06. The lowest BCUT2D eigenvalue weighted by molar-refractivity contribution is 0.469. The van der Waals surface area contributed by atoms with Crippen LogP contribution in [0.15, 0.2) is 12.1 Å². The summed E-state index contributed by atoms with van der Waals surface area (Å²) in [5.41, 5.74) is 1.32. The summed E-state index contributed by atoms with van der Waals surface area (Å²) < 4.78 is 0. The van der Waals surface area contributed by atoms with Gasteiger partial charge in [0.05, 0.1) is 12.1 Å². The molecule has 2 nitrogen and oxygen atoms in total. The Morgan fingerprint density at radius 1 is 1.50 bits per heavy atom. The average Bonchev–Trinajstić information content (AvgIpc) is 2.13. The third-order valence-corrected chi connectivity index (χ3v) is 1.97. The minimum atomic E-state index is 0.206. The van der Waals surface area contributed by atoms with Crippen molar-refractivity contribution in [3.05, 3.63) is 28.3 Å². The van der Waals surface area contributed by atoms with Gasteiger partial charge in [0.15, 0.2) is 0 Å². The van der Waals surface area contributed by atoms with Crippen molar-refractivity contribution >= 4 is 11.6 Å². The van der Waals surface area contributed by atoms with Crippen LogP contribution in [-0.2, 0) is 0 Å². The molecule has 1 aromatic rings. The molecule has 0 amide bonds. The molecule has 0 aliphatic heterocycles. The molecule has 3 heteroatoms. The number of nitrogens with one attached hydrogen (secondary N) is 1. The SMILES string of the molecule is CNCC#Cc1cc(Cl)cc(C)c1O. The van der Waals surface area contributed by atoms with Gasteiger partial charge >= 0.3 is 0 Å². The van der Waals surface area contributed by atoms with Gasteiger partial charge in [0.25, 0.3) is 0 Å². The zero-order valence-electron chi connectivity index (χ0n) is 8.19. The molecule has 0 saturated carbocycles. The number of aryl methyl sites for hydroxylation is 1. The molecule has 14 heavy (non-hydrogen) atoms. The molecule has 0 radical (unpaired) electrons. The van der Waals surface area contributed by atoms with E-state index in [1.54, 1.807) is 19.1 Å². The highest BCUT2D eigenvalue weighted by molar-refractivity contribution is 6.30. The van der Waals surface area contributed by atoms with E-state index in [4.69, 9.17) is 11.6 Å². The second kappa shape index (κ2) is 4.90. The number of benzene rings is 1. The van der Waals surface area contributed by atoms with Crippen LogP contribution in [-0.4, -0.2) is 18.7 Å². The number of phenolic OH excluding ortho intramolecular Hbond substituents is 1. The molecule has 0 aliphatic rings. The Kier molecular flexibility index (Phi) is 3.82. The molecule has 0 heterocycles. The predicted octanol–water partition coefficient (Wildman–Crippen LogP) is 1.92. The molecule has 0 fully saturated rings. The first-order chi connectivity index (χ1) is 6.65. The molecule has 1 rings (SSSR count). The third-order valence-electron chi connectivity index (χ3n) is 1.75. The summed E-state index contributed by atoms with van der Waals surface area (Å²) in [6, 6.07) is 3.37. The lowest BCUT2D eigenvalue weighted by Gasteiger charge is -2.01. The molecule has 0 aromatic heterocycles. The van der Waals surface area contributed by atoms with Gasteiger partial charge in [-0.25, -0.2) is 0 Å².